The zero-order valence-electron chi connectivity index (χ0n) is 6.85. The van der Waals surface area contributed by atoms with Crippen LogP contribution in [0, 0.1) is 17.8 Å². The van der Waals surface area contributed by atoms with Crippen LogP contribution in [0.1, 0.15) is 32.1 Å². The van der Waals surface area contributed by atoms with Crippen LogP contribution in [0.4, 0.5) is 0 Å². The second kappa shape index (κ2) is 2.09. The molecule has 0 spiro atoms. The third-order valence-corrected chi connectivity index (χ3v) is 7.07. The molecule has 2 atom stereocenters. The molecule has 0 aromatic carbocycles. The summed E-state index contributed by atoms with van der Waals surface area (Å²) in [5, 5.41) is 0. The molecule has 0 N–H and O–H groups in total. The Balaban J connectivity index is 2.00. The van der Waals surface area contributed by atoms with Crippen molar-refractivity contribution in [1.29, 1.82) is 0 Å². The molecule has 4 aliphatic carbocycles. The van der Waals surface area contributed by atoms with Crippen LogP contribution < -0.4 is 0 Å². The number of halogens is 1. The summed E-state index contributed by atoms with van der Waals surface area (Å²) in [5.74, 6) is 3.47. The average Bonchev–Trinajstić information content (AvgIpc) is 2.40. The Hall–Kier alpha value is 0.600. The predicted molar refractivity (Wildman–Crippen MR) is 57.4 cm³/mol. The van der Waals surface area contributed by atoms with Gasteiger partial charge in [-0.05, 0) is 49.9 Å². The molecule has 0 aromatic heterocycles. The highest BCUT2D eigenvalue weighted by molar-refractivity contribution is 14.2. The Morgan fingerprint density at radius 1 is 1.09 bits per heavy atom. The van der Waals surface area contributed by atoms with Crippen molar-refractivity contribution in [3.8, 4) is 0 Å². The third-order valence-electron chi connectivity index (χ3n) is 4.13. The van der Waals surface area contributed by atoms with Crippen LogP contribution in [0.2, 0.25) is 0 Å². The SMILES string of the molecule is C=IC12CC3CC(C1)C(C3)C2. The molecule has 11 heavy (non-hydrogen) atoms. The summed E-state index contributed by atoms with van der Waals surface area (Å²) in [7, 11) is 0. The summed E-state index contributed by atoms with van der Waals surface area (Å²) < 4.78 is 5.10. The lowest BCUT2D eigenvalue weighted by Gasteiger charge is -2.34. The molecular formula is C10H15I. The van der Waals surface area contributed by atoms with Gasteiger partial charge in [0.25, 0.3) is 0 Å². The fraction of sp³-hybridized carbons (Fsp3) is 0.900. The van der Waals surface area contributed by atoms with Crippen molar-refractivity contribution >= 4 is 25.2 Å². The van der Waals surface area contributed by atoms with E-state index in [-0.39, 0.29) is 0 Å². The highest BCUT2D eigenvalue weighted by Crippen LogP contribution is 2.64. The summed E-state index contributed by atoms with van der Waals surface area (Å²) in [6.07, 6.45) is 7.94. The van der Waals surface area contributed by atoms with Crippen molar-refractivity contribution in [3.63, 3.8) is 0 Å². The van der Waals surface area contributed by atoms with Crippen molar-refractivity contribution in [2.45, 2.75) is 35.5 Å². The minimum Gasteiger partial charge on any atom is -0.124 e. The van der Waals surface area contributed by atoms with Gasteiger partial charge < -0.3 is 0 Å². The van der Waals surface area contributed by atoms with Gasteiger partial charge in [0.05, 0.1) is 0 Å². The molecule has 0 radical (unpaired) electrons. The molecule has 0 nitrogen and oxygen atoms in total. The predicted octanol–water partition coefficient (Wildman–Crippen LogP) is 2.97. The minimum atomic E-state index is 0.294. The van der Waals surface area contributed by atoms with Gasteiger partial charge in [-0.15, -0.1) is 20.7 Å². The van der Waals surface area contributed by atoms with Gasteiger partial charge in [-0.25, -0.2) is 0 Å². The lowest BCUT2D eigenvalue weighted by atomic mass is 9.82. The van der Waals surface area contributed by atoms with Crippen molar-refractivity contribution in [2.24, 2.45) is 17.8 Å². The van der Waals surface area contributed by atoms with E-state index in [4.69, 9.17) is 0 Å². The van der Waals surface area contributed by atoms with E-state index >= 15 is 0 Å². The standard InChI is InChI=1S/C10H15I/c1-11-10-4-7-2-8(5-10)9(3-7)6-10/h7-9H,1-6H2. The molecule has 0 amide bonds. The Morgan fingerprint density at radius 3 is 2.18 bits per heavy atom. The maximum absolute atomic E-state index is 4.24. The molecule has 4 rings (SSSR count). The third kappa shape index (κ3) is 0.837. The zero-order valence-corrected chi connectivity index (χ0v) is 9.01. The molecule has 4 saturated carbocycles. The summed E-state index contributed by atoms with van der Waals surface area (Å²) in [5.41, 5.74) is 0. The van der Waals surface area contributed by atoms with E-state index in [1.54, 1.807) is 32.1 Å². The van der Waals surface area contributed by atoms with Gasteiger partial charge in [-0.1, -0.05) is 4.51 Å². The summed E-state index contributed by atoms with van der Waals surface area (Å²) >= 11 is 0.294. The second-order valence-electron chi connectivity index (χ2n) is 4.75. The van der Waals surface area contributed by atoms with E-state index in [2.05, 4.69) is 4.51 Å². The lowest BCUT2D eigenvalue weighted by molar-refractivity contribution is 0.322. The first kappa shape index (κ1) is 7.05. The smallest absolute Gasteiger partial charge is 0.0178 e. The highest BCUT2D eigenvalue weighted by atomic mass is 127. The molecule has 0 saturated heterocycles. The fourth-order valence-electron chi connectivity index (χ4n) is 3.87. The Kier molecular flexibility index (Phi) is 1.34. The number of hydrogen-bond donors (Lipinski definition) is 0. The monoisotopic (exact) mass is 262 g/mol. The van der Waals surface area contributed by atoms with Gasteiger partial charge in [-0.3, -0.25) is 0 Å². The number of hydrogen-bond acceptors (Lipinski definition) is 0. The Bertz CT molecular complexity index is 189. The topological polar surface area (TPSA) is 0 Å². The van der Waals surface area contributed by atoms with E-state index in [0.717, 1.165) is 21.2 Å². The first-order valence-corrected chi connectivity index (χ1v) is 7.31. The molecule has 1 heteroatoms. The van der Waals surface area contributed by atoms with Crippen LogP contribution in [0.25, 0.3) is 0 Å². The number of alkyl halides is 1. The first-order valence-electron chi connectivity index (χ1n) is 4.71. The van der Waals surface area contributed by atoms with Crippen LogP contribution in [0.15, 0.2) is 0 Å². The van der Waals surface area contributed by atoms with E-state index in [0.29, 0.717) is 20.7 Å². The van der Waals surface area contributed by atoms with E-state index in [9.17, 15) is 0 Å². The molecule has 62 valence electrons. The Morgan fingerprint density at radius 2 is 1.73 bits per heavy atom. The van der Waals surface area contributed by atoms with Gasteiger partial charge in [0, 0.05) is 3.42 Å². The van der Waals surface area contributed by atoms with Gasteiger partial charge in [0.15, 0.2) is 0 Å². The molecule has 0 heterocycles. The molecule has 0 aliphatic heterocycles. The van der Waals surface area contributed by atoms with Crippen LogP contribution in [0.5, 0.6) is 0 Å². The fourth-order valence-corrected chi connectivity index (χ4v) is 6.56. The van der Waals surface area contributed by atoms with Gasteiger partial charge in [0.1, 0.15) is 0 Å². The summed E-state index contributed by atoms with van der Waals surface area (Å²) in [4.78, 5) is 0. The maximum Gasteiger partial charge on any atom is 0.0178 e. The zero-order chi connectivity index (χ0) is 7.47. The van der Waals surface area contributed by atoms with E-state index < -0.39 is 0 Å². The minimum absolute atomic E-state index is 0.294. The van der Waals surface area contributed by atoms with Crippen molar-refractivity contribution in [2.75, 3.05) is 0 Å². The van der Waals surface area contributed by atoms with E-state index in [1.165, 1.54) is 0 Å². The van der Waals surface area contributed by atoms with Gasteiger partial charge >= 0.3 is 0 Å². The van der Waals surface area contributed by atoms with Crippen molar-refractivity contribution < 1.29 is 0 Å². The van der Waals surface area contributed by atoms with Crippen LogP contribution in [-0.4, -0.2) is 7.94 Å². The van der Waals surface area contributed by atoms with E-state index in [1.807, 2.05) is 0 Å². The largest absolute Gasteiger partial charge is 0.124 e. The first-order chi connectivity index (χ1) is 5.31. The number of rotatable bonds is 1. The second-order valence-corrected chi connectivity index (χ2v) is 7.81. The van der Waals surface area contributed by atoms with Crippen LogP contribution >= 0.6 is 20.7 Å². The van der Waals surface area contributed by atoms with Crippen LogP contribution in [0.3, 0.4) is 0 Å². The van der Waals surface area contributed by atoms with Gasteiger partial charge in [-0.2, -0.15) is 0 Å². The Labute approximate surface area is 78.5 Å². The molecule has 4 aliphatic rings. The molecular weight excluding hydrogens is 247 g/mol. The molecule has 4 fully saturated rings. The lowest BCUT2D eigenvalue weighted by Crippen LogP contribution is -2.27. The molecule has 4 bridgehead atoms. The van der Waals surface area contributed by atoms with Crippen molar-refractivity contribution in [3.05, 3.63) is 0 Å². The van der Waals surface area contributed by atoms with Gasteiger partial charge in [0.2, 0.25) is 0 Å². The molecule has 2 unspecified atom stereocenters. The van der Waals surface area contributed by atoms with Crippen molar-refractivity contribution in [1.82, 2.24) is 0 Å². The summed E-state index contributed by atoms with van der Waals surface area (Å²) in [6, 6.07) is 0. The maximum atomic E-state index is 4.24. The quantitative estimate of drug-likeness (QED) is 0.503. The summed E-state index contributed by atoms with van der Waals surface area (Å²) in [6.45, 7) is 0. The normalized spacial score (nSPS) is 59.1. The average molecular weight is 262 g/mol. The van der Waals surface area contributed by atoms with Crippen LogP contribution in [-0.2, 0) is 0 Å². The molecule has 0 aromatic rings. The highest BCUT2D eigenvalue weighted by Gasteiger charge is 2.54.